The van der Waals surface area contributed by atoms with Gasteiger partial charge in [-0.15, -0.1) is 0 Å². The Morgan fingerprint density at radius 2 is 1.96 bits per heavy atom. The molecule has 0 heterocycles. The molecule has 0 radical (unpaired) electrons. The number of hydrogen-bond acceptors (Lipinski definition) is 1. The number of carbonyl (C=O) groups excluding carboxylic acids is 1. The summed E-state index contributed by atoms with van der Waals surface area (Å²) in [6, 6.07) is 0. The Hall–Kier alpha value is -0.850. The van der Waals surface area contributed by atoms with E-state index in [0.717, 1.165) is 23.7 Å². The van der Waals surface area contributed by atoms with Gasteiger partial charge in [0.05, 0.1) is 0 Å². The van der Waals surface area contributed by atoms with Crippen molar-refractivity contribution in [3.63, 3.8) is 0 Å². The van der Waals surface area contributed by atoms with Crippen LogP contribution in [0.4, 0.5) is 0 Å². The van der Waals surface area contributed by atoms with Gasteiger partial charge in [0.15, 0.2) is 5.78 Å². The van der Waals surface area contributed by atoms with Gasteiger partial charge in [-0.1, -0.05) is 44.4 Å². The van der Waals surface area contributed by atoms with E-state index < -0.39 is 0 Å². The fourth-order valence-corrected chi connectivity index (χ4v) is 7.27. The Labute approximate surface area is 141 Å². The molecule has 2 saturated carbocycles. The summed E-state index contributed by atoms with van der Waals surface area (Å²) in [7, 11) is 0. The largest absolute Gasteiger partial charge is 0.295 e. The van der Waals surface area contributed by atoms with Crippen molar-refractivity contribution in [2.75, 3.05) is 0 Å². The zero-order valence-corrected chi connectivity index (χ0v) is 15.3. The van der Waals surface area contributed by atoms with Crippen molar-refractivity contribution in [1.82, 2.24) is 0 Å². The van der Waals surface area contributed by atoms with Gasteiger partial charge in [-0.25, -0.2) is 0 Å². The van der Waals surface area contributed by atoms with E-state index in [1.807, 2.05) is 6.08 Å². The molecule has 1 nitrogen and oxygen atoms in total. The van der Waals surface area contributed by atoms with E-state index in [0.29, 0.717) is 17.6 Å². The zero-order valence-electron chi connectivity index (χ0n) is 15.3. The summed E-state index contributed by atoms with van der Waals surface area (Å²) in [6.45, 7) is 9.65. The molecule has 4 aliphatic carbocycles. The highest BCUT2D eigenvalue weighted by Crippen LogP contribution is 2.66. The predicted molar refractivity (Wildman–Crippen MR) is 95.0 cm³/mol. The normalized spacial score (nSPS) is 49.0. The standard InChI is InChI=1S/C22H32O/c1-5-15-7-9-19-18-8-6-16-13-17(23)12-14(2)22(16,4)20(18)10-11-21(15,19)3/h6,12,15,18-20H,5,7-11,13H2,1-4H3/t15-,18-,19-,20-,21+,22-/m0/s1. The maximum atomic E-state index is 12.0. The Kier molecular flexibility index (Phi) is 3.45. The summed E-state index contributed by atoms with van der Waals surface area (Å²) in [4.78, 5) is 12.0. The summed E-state index contributed by atoms with van der Waals surface area (Å²) in [5.74, 6) is 3.77. The van der Waals surface area contributed by atoms with Gasteiger partial charge in [0.25, 0.3) is 0 Å². The second-order valence-corrected chi connectivity index (χ2v) is 9.24. The highest BCUT2D eigenvalue weighted by molar-refractivity contribution is 5.94. The Bertz CT molecular complexity index is 597. The molecule has 0 aromatic heterocycles. The maximum Gasteiger partial charge on any atom is 0.159 e. The quantitative estimate of drug-likeness (QED) is 0.567. The summed E-state index contributed by atoms with van der Waals surface area (Å²) in [5.41, 5.74) is 3.53. The van der Waals surface area contributed by atoms with Gasteiger partial charge in [-0.2, -0.15) is 0 Å². The molecule has 2 fully saturated rings. The van der Waals surface area contributed by atoms with Gasteiger partial charge in [-0.3, -0.25) is 4.79 Å². The molecule has 0 amide bonds. The van der Waals surface area contributed by atoms with E-state index in [1.54, 1.807) is 0 Å². The molecule has 0 aromatic carbocycles. The van der Waals surface area contributed by atoms with Crippen molar-refractivity contribution in [2.24, 2.45) is 34.5 Å². The SMILES string of the molecule is CC[C@H]1CC[C@H]2[C@@H]3CC=C4CC(=O)C=C(C)[C@]4(C)[C@H]3CC[C@]12C. The minimum Gasteiger partial charge on any atom is -0.295 e. The third kappa shape index (κ3) is 1.94. The molecule has 0 bridgehead atoms. The van der Waals surface area contributed by atoms with Crippen molar-refractivity contribution in [3.8, 4) is 0 Å². The summed E-state index contributed by atoms with van der Waals surface area (Å²) < 4.78 is 0. The number of fused-ring (bicyclic) bond motifs is 5. The molecule has 6 atom stereocenters. The summed E-state index contributed by atoms with van der Waals surface area (Å²) in [5, 5.41) is 0. The Morgan fingerprint density at radius 1 is 1.17 bits per heavy atom. The molecule has 0 spiro atoms. The topological polar surface area (TPSA) is 17.1 Å². The molecule has 0 aliphatic heterocycles. The highest BCUT2D eigenvalue weighted by atomic mass is 16.1. The van der Waals surface area contributed by atoms with Crippen LogP contribution in [0.2, 0.25) is 0 Å². The van der Waals surface area contributed by atoms with Crippen molar-refractivity contribution in [1.29, 1.82) is 0 Å². The number of ketones is 1. The molecular formula is C22H32O. The minimum atomic E-state index is 0.169. The van der Waals surface area contributed by atoms with E-state index in [1.165, 1.54) is 49.7 Å². The first kappa shape index (κ1) is 15.7. The predicted octanol–water partition coefficient (Wildman–Crippen LogP) is 5.71. The lowest BCUT2D eigenvalue weighted by atomic mass is 9.47. The lowest BCUT2D eigenvalue weighted by Gasteiger charge is -2.57. The van der Waals surface area contributed by atoms with E-state index >= 15 is 0 Å². The molecule has 0 saturated heterocycles. The zero-order chi connectivity index (χ0) is 16.4. The Balaban J connectivity index is 1.73. The van der Waals surface area contributed by atoms with E-state index in [9.17, 15) is 4.79 Å². The van der Waals surface area contributed by atoms with Crippen LogP contribution >= 0.6 is 0 Å². The van der Waals surface area contributed by atoms with E-state index in [-0.39, 0.29) is 5.41 Å². The van der Waals surface area contributed by atoms with Crippen LogP contribution < -0.4 is 0 Å². The Morgan fingerprint density at radius 3 is 2.70 bits per heavy atom. The fraction of sp³-hybridized carbons (Fsp3) is 0.773. The monoisotopic (exact) mass is 312 g/mol. The highest BCUT2D eigenvalue weighted by Gasteiger charge is 2.58. The second kappa shape index (κ2) is 5.07. The van der Waals surface area contributed by atoms with Crippen LogP contribution in [0.15, 0.2) is 23.3 Å². The van der Waals surface area contributed by atoms with Crippen LogP contribution in [-0.4, -0.2) is 5.78 Å². The molecule has 0 aromatic rings. The minimum absolute atomic E-state index is 0.169. The van der Waals surface area contributed by atoms with Gasteiger partial charge >= 0.3 is 0 Å². The number of carbonyl (C=O) groups is 1. The molecule has 4 aliphatic rings. The molecule has 0 N–H and O–H groups in total. The summed E-state index contributed by atoms with van der Waals surface area (Å²) in [6.07, 6.45) is 13.3. The molecular weight excluding hydrogens is 280 g/mol. The average Bonchev–Trinajstić information content (AvgIpc) is 2.85. The molecule has 0 unspecified atom stereocenters. The van der Waals surface area contributed by atoms with Gasteiger partial charge in [-0.05, 0) is 74.2 Å². The molecule has 4 rings (SSSR count). The van der Waals surface area contributed by atoms with E-state index in [2.05, 4.69) is 33.8 Å². The van der Waals surface area contributed by atoms with Crippen LogP contribution in [0, 0.1) is 34.5 Å². The third-order valence-corrected chi connectivity index (χ3v) is 8.73. The lowest BCUT2D eigenvalue weighted by Crippen LogP contribution is -2.50. The summed E-state index contributed by atoms with van der Waals surface area (Å²) >= 11 is 0. The van der Waals surface area contributed by atoms with Crippen LogP contribution in [0.25, 0.3) is 0 Å². The molecule has 23 heavy (non-hydrogen) atoms. The fourth-order valence-electron chi connectivity index (χ4n) is 7.27. The van der Waals surface area contributed by atoms with Crippen LogP contribution in [-0.2, 0) is 4.79 Å². The van der Waals surface area contributed by atoms with Crippen molar-refractivity contribution in [3.05, 3.63) is 23.3 Å². The first-order valence-corrected chi connectivity index (χ1v) is 9.82. The number of rotatable bonds is 1. The lowest BCUT2D eigenvalue weighted by molar-refractivity contribution is -0.115. The van der Waals surface area contributed by atoms with Gasteiger partial charge in [0.1, 0.15) is 0 Å². The van der Waals surface area contributed by atoms with Crippen LogP contribution in [0.5, 0.6) is 0 Å². The van der Waals surface area contributed by atoms with Crippen molar-refractivity contribution >= 4 is 5.78 Å². The van der Waals surface area contributed by atoms with Gasteiger partial charge in [0.2, 0.25) is 0 Å². The van der Waals surface area contributed by atoms with Crippen molar-refractivity contribution in [2.45, 2.75) is 72.6 Å². The maximum absolute atomic E-state index is 12.0. The van der Waals surface area contributed by atoms with E-state index in [4.69, 9.17) is 0 Å². The molecule has 126 valence electrons. The molecule has 1 heteroatoms. The van der Waals surface area contributed by atoms with Crippen LogP contribution in [0.1, 0.15) is 72.6 Å². The third-order valence-electron chi connectivity index (χ3n) is 8.73. The van der Waals surface area contributed by atoms with Gasteiger partial charge < -0.3 is 0 Å². The smallest absolute Gasteiger partial charge is 0.159 e. The first-order valence-electron chi connectivity index (χ1n) is 9.82. The van der Waals surface area contributed by atoms with Gasteiger partial charge in [0, 0.05) is 11.8 Å². The van der Waals surface area contributed by atoms with Crippen LogP contribution in [0.3, 0.4) is 0 Å². The number of allylic oxidation sites excluding steroid dienone is 4. The second-order valence-electron chi connectivity index (χ2n) is 9.24. The number of hydrogen-bond donors (Lipinski definition) is 0. The average molecular weight is 312 g/mol. The first-order chi connectivity index (χ1) is 10.9. The van der Waals surface area contributed by atoms with Crippen molar-refractivity contribution < 1.29 is 4.79 Å².